The highest BCUT2D eigenvalue weighted by molar-refractivity contribution is 5.41. The predicted octanol–water partition coefficient (Wildman–Crippen LogP) is 0.343. The highest BCUT2D eigenvalue weighted by atomic mass is 16.5. The topological polar surface area (TPSA) is 68.4 Å². The van der Waals surface area contributed by atoms with E-state index in [-0.39, 0.29) is 13.2 Å². The third-order valence-corrected chi connectivity index (χ3v) is 1.38. The van der Waals surface area contributed by atoms with Crippen LogP contribution in [0.25, 0.3) is 0 Å². The van der Waals surface area contributed by atoms with Crippen molar-refractivity contribution in [2.24, 2.45) is 0 Å². The van der Waals surface area contributed by atoms with E-state index in [2.05, 4.69) is 4.98 Å². The summed E-state index contributed by atoms with van der Waals surface area (Å²) in [5.74, 6) is 0.526. The molecule has 0 unspecified atom stereocenters. The summed E-state index contributed by atoms with van der Waals surface area (Å²) in [6.45, 7) is 2.11. The lowest BCUT2D eigenvalue weighted by Gasteiger charge is -2.05. The number of hydrogen-bond donors (Lipinski definition) is 2. The van der Waals surface area contributed by atoms with Crippen LogP contribution in [0.2, 0.25) is 0 Å². The Balaban J connectivity index is 2.72. The van der Waals surface area contributed by atoms with E-state index in [4.69, 9.17) is 15.6 Å². The Hall–Kier alpha value is -1.29. The second kappa shape index (κ2) is 3.92. The number of ether oxygens (including phenoxy) is 1. The van der Waals surface area contributed by atoms with Gasteiger partial charge in [-0.1, -0.05) is 0 Å². The maximum atomic E-state index is 8.50. The van der Waals surface area contributed by atoms with E-state index in [0.29, 0.717) is 11.6 Å². The standard InChI is InChI=1S/C8H12N2O2/c1-6-4-7(9)5-10-8(6)12-3-2-11/h4-5,11H,2-3,9H2,1H3. The van der Waals surface area contributed by atoms with Crippen LogP contribution in [0.3, 0.4) is 0 Å². The van der Waals surface area contributed by atoms with E-state index in [1.54, 1.807) is 6.07 Å². The van der Waals surface area contributed by atoms with Gasteiger partial charge in [0.25, 0.3) is 0 Å². The molecule has 1 aromatic heterocycles. The molecule has 0 radical (unpaired) electrons. The molecule has 1 heterocycles. The first-order valence-electron chi connectivity index (χ1n) is 3.70. The predicted molar refractivity (Wildman–Crippen MR) is 46.0 cm³/mol. The first-order valence-corrected chi connectivity index (χ1v) is 3.70. The zero-order chi connectivity index (χ0) is 8.97. The fourth-order valence-electron chi connectivity index (χ4n) is 0.877. The van der Waals surface area contributed by atoms with Gasteiger partial charge in [0.1, 0.15) is 6.61 Å². The van der Waals surface area contributed by atoms with Gasteiger partial charge in [-0.2, -0.15) is 0 Å². The van der Waals surface area contributed by atoms with Crippen LogP contribution in [0.1, 0.15) is 5.56 Å². The molecule has 3 N–H and O–H groups in total. The van der Waals surface area contributed by atoms with Crippen LogP contribution >= 0.6 is 0 Å². The molecule has 0 aliphatic carbocycles. The fraction of sp³-hybridized carbons (Fsp3) is 0.375. The number of nitrogens with zero attached hydrogens (tertiary/aromatic N) is 1. The number of aliphatic hydroxyl groups excluding tert-OH is 1. The summed E-state index contributed by atoms with van der Waals surface area (Å²) in [7, 11) is 0. The van der Waals surface area contributed by atoms with Crippen molar-refractivity contribution in [1.29, 1.82) is 0 Å². The lowest BCUT2D eigenvalue weighted by atomic mass is 10.3. The van der Waals surface area contributed by atoms with Gasteiger partial charge in [-0.15, -0.1) is 0 Å². The van der Waals surface area contributed by atoms with Gasteiger partial charge in [0.05, 0.1) is 18.5 Å². The summed E-state index contributed by atoms with van der Waals surface area (Å²) in [6.07, 6.45) is 1.53. The van der Waals surface area contributed by atoms with Crippen molar-refractivity contribution in [3.8, 4) is 5.88 Å². The van der Waals surface area contributed by atoms with Crippen LogP contribution in [0, 0.1) is 6.92 Å². The molecule has 0 aliphatic rings. The van der Waals surface area contributed by atoms with Gasteiger partial charge >= 0.3 is 0 Å². The van der Waals surface area contributed by atoms with Gasteiger partial charge in [-0.05, 0) is 13.0 Å². The number of aryl methyl sites for hydroxylation is 1. The van der Waals surface area contributed by atoms with Crippen molar-refractivity contribution in [3.63, 3.8) is 0 Å². The second-order valence-electron chi connectivity index (χ2n) is 2.46. The maximum absolute atomic E-state index is 8.50. The number of anilines is 1. The van der Waals surface area contributed by atoms with Gasteiger partial charge in [0, 0.05) is 5.56 Å². The lowest BCUT2D eigenvalue weighted by molar-refractivity contribution is 0.196. The van der Waals surface area contributed by atoms with Crippen LogP contribution in [0.5, 0.6) is 5.88 Å². The van der Waals surface area contributed by atoms with Crippen molar-refractivity contribution in [2.45, 2.75) is 6.92 Å². The number of aliphatic hydroxyl groups is 1. The molecule has 1 rings (SSSR count). The largest absolute Gasteiger partial charge is 0.475 e. The highest BCUT2D eigenvalue weighted by Crippen LogP contribution is 2.15. The summed E-state index contributed by atoms with van der Waals surface area (Å²) in [5.41, 5.74) is 6.98. The first kappa shape index (κ1) is 8.80. The lowest BCUT2D eigenvalue weighted by Crippen LogP contribution is -2.04. The molecule has 0 amide bonds. The molecule has 66 valence electrons. The highest BCUT2D eigenvalue weighted by Gasteiger charge is 1.99. The van der Waals surface area contributed by atoms with Crippen molar-refractivity contribution in [3.05, 3.63) is 17.8 Å². The molecule has 0 aliphatic heterocycles. The monoisotopic (exact) mass is 168 g/mol. The van der Waals surface area contributed by atoms with Gasteiger partial charge in [0.2, 0.25) is 5.88 Å². The Morgan fingerprint density at radius 2 is 2.42 bits per heavy atom. The Labute approximate surface area is 71.0 Å². The Kier molecular flexibility index (Phi) is 2.88. The fourth-order valence-corrected chi connectivity index (χ4v) is 0.877. The minimum atomic E-state index is -0.00844. The van der Waals surface area contributed by atoms with Crippen LogP contribution in [-0.2, 0) is 0 Å². The van der Waals surface area contributed by atoms with Crippen molar-refractivity contribution < 1.29 is 9.84 Å². The van der Waals surface area contributed by atoms with Gasteiger partial charge < -0.3 is 15.6 Å². The van der Waals surface area contributed by atoms with Crippen molar-refractivity contribution in [2.75, 3.05) is 18.9 Å². The van der Waals surface area contributed by atoms with Crippen molar-refractivity contribution in [1.82, 2.24) is 4.98 Å². The van der Waals surface area contributed by atoms with Gasteiger partial charge in [0.15, 0.2) is 0 Å². The number of aromatic nitrogens is 1. The summed E-state index contributed by atoms with van der Waals surface area (Å²) >= 11 is 0. The Bertz CT molecular complexity index is 263. The smallest absolute Gasteiger partial charge is 0.216 e. The van der Waals surface area contributed by atoms with E-state index in [1.807, 2.05) is 6.92 Å². The van der Waals surface area contributed by atoms with E-state index >= 15 is 0 Å². The molecular weight excluding hydrogens is 156 g/mol. The number of nitrogens with two attached hydrogens (primary N) is 1. The molecule has 0 fully saturated rings. The van der Waals surface area contributed by atoms with Crippen LogP contribution < -0.4 is 10.5 Å². The first-order chi connectivity index (χ1) is 5.74. The average Bonchev–Trinajstić information content (AvgIpc) is 2.03. The normalized spacial score (nSPS) is 9.83. The van der Waals surface area contributed by atoms with Gasteiger partial charge in [-0.25, -0.2) is 4.98 Å². The third-order valence-electron chi connectivity index (χ3n) is 1.38. The van der Waals surface area contributed by atoms with E-state index in [9.17, 15) is 0 Å². The Morgan fingerprint density at radius 1 is 1.67 bits per heavy atom. The summed E-state index contributed by atoms with van der Waals surface area (Å²) in [5, 5.41) is 8.50. The minimum absolute atomic E-state index is 0.00844. The molecule has 0 aromatic carbocycles. The third kappa shape index (κ3) is 2.10. The summed E-state index contributed by atoms with van der Waals surface area (Å²) in [4.78, 5) is 3.96. The molecule has 0 saturated carbocycles. The minimum Gasteiger partial charge on any atom is -0.475 e. The van der Waals surface area contributed by atoms with Gasteiger partial charge in [-0.3, -0.25) is 0 Å². The van der Waals surface area contributed by atoms with E-state index < -0.39 is 0 Å². The second-order valence-corrected chi connectivity index (χ2v) is 2.46. The number of nitrogen functional groups attached to an aromatic ring is 1. The maximum Gasteiger partial charge on any atom is 0.216 e. The summed E-state index contributed by atoms with van der Waals surface area (Å²) in [6, 6.07) is 1.78. The molecule has 12 heavy (non-hydrogen) atoms. The number of pyridine rings is 1. The molecule has 1 aromatic rings. The summed E-state index contributed by atoms with van der Waals surface area (Å²) < 4.78 is 5.12. The molecular formula is C8H12N2O2. The van der Waals surface area contributed by atoms with E-state index in [1.165, 1.54) is 6.20 Å². The van der Waals surface area contributed by atoms with Crippen LogP contribution in [0.4, 0.5) is 5.69 Å². The van der Waals surface area contributed by atoms with E-state index in [0.717, 1.165) is 5.56 Å². The number of rotatable bonds is 3. The zero-order valence-corrected chi connectivity index (χ0v) is 6.95. The molecule has 4 nitrogen and oxygen atoms in total. The van der Waals surface area contributed by atoms with Crippen LogP contribution in [0.15, 0.2) is 12.3 Å². The number of hydrogen-bond acceptors (Lipinski definition) is 4. The van der Waals surface area contributed by atoms with Crippen LogP contribution in [-0.4, -0.2) is 23.3 Å². The molecule has 0 atom stereocenters. The average molecular weight is 168 g/mol. The quantitative estimate of drug-likeness (QED) is 0.683. The molecule has 0 spiro atoms. The molecule has 4 heteroatoms. The SMILES string of the molecule is Cc1cc(N)cnc1OCCO. The zero-order valence-electron chi connectivity index (χ0n) is 6.95. The van der Waals surface area contributed by atoms with Crippen molar-refractivity contribution >= 4 is 5.69 Å². The molecule has 0 saturated heterocycles. The molecule has 0 bridgehead atoms. The Morgan fingerprint density at radius 3 is 3.00 bits per heavy atom.